The molecule has 98 valence electrons. The summed E-state index contributed by atoms with van der Waals surface area (Å²) in [5.41, 5.74) is 4.44. The zero-order chi connectivity index (χ0) is 13.7. The number of nitriles is 1. The maximum absolute atomic E-state index is 8.74. The summed E-state index contributed by atoms with van der Waals surface area (Å²) >= 11 is 0. The smallest absolute Gasteiger partial charge is 0.0669 e. The molecule has 2 rings (SSSR count). The first kappa shape index (κ1) is 13.3. The highest BCUT2D eigenvalue weighted by atomic mass is 16.5. The fourth-order valence-corrected chi connectivity index (χ4v) is 1.98. The first-order valence-electron chi connectivity index (χ1n) is 6.23. The molecule has 0 bridgehead atoms. The Bertz CT molecular complexity index is 596. The maximum atomic E-state index is 8.74. The van der Waals surface area contributed by atoms with Crippen LogP contribution in [0, 0.1) is 18.3 Å². The van der Waals surface area contributed by atoms with E-state index in [0.29, 0.717) is 13.0 Å². The van der Waals surface area contributed by atoms with E-state index < -0.39 is 0 Å². The van der Waals surface area contributed by atoms with Gasteiger partial charge in [0.15, 0.2) is 0 Å². The molecule has 0 aliphatic carbocycles. The molecule has 0 unspecified atom stereocenters. The predicted octanol–water partition coefficient (Wildman–Crippen LogP) is 2.57. The number of benzene rings is 1. The van der Waals surface area contributed by atoms with E-state index in [1.54, 1.807) is 7.11 Å². The normalized spacial score (nSPS) is 10.4. The quantitative estimate of drug-likeness (QED) is 0.825. The first-order chi connectivity index (χ1) is 9.24. The van der Waals surface area contributed by atoms with Crippen LogP contribution >= 0.6 is 0 Å². The lowest BCUT2D eigenvalue weighted by Crippen LogP contribution is -2.03. The molecular formula is C15H17N3O. The molecule has 0 N–H and O–H groups in total. The van der Waals surface area contributed by atoms with Crippen molar-refractivity contribution in [3.63, 3.8) is 0 Å². The molecule has 0 radical (unpaired) electrons. The van der Waals surface area contributed by atoms with Gasteiger partial charge in [-0.25, -0.2) is 0 Å². The van der Waals surface area contributed by atoms with Crippen LogP contribution in [0.15, 0.2) is 30.6 Å². The third-order valence-electron chi connectivity index (χ3n) is 3.10. The number of aromatic nitrogens is 2. The van der Waals surface area contributed by atoms with Crippen molar-refractivity contribution in [2.45, 2.75) is 19.9 Å². The lowest BCUT2D eigenvalue weighted by Gasteiger charge is -2.04. The van der Waals surface area contributed by atoms with Crippen molar-refractivity contribution in [2.75, 3.05) is 13.7 Å². The Morgan fingerprint density at radius 3 is 2.89 bits per heavy atom. The van der Waals surface area contributed by atoms with Gasteiger partial charge in [-0.3, -0.25) is 4.68 Å². The zero-order valence-corrected chi connectivity index (χ0v) is 11.3. The fraction of sp³-hybridized carbons (Fsp3) is 0.333. The summed E-state index contributed by atoms with van der Waals surface area (Å²) in [6.45, 7) is 3.44. The van der Waals surface area contributed by atoms with Crippen LogP contribution < -0.4 is 0 Å². The Balaban J connectivity index is 2.20. The lowest BCUT2D eigenvalue weighted by atomic mass is 10.0. The van der Waals surface area contributed by atoms with Crippen molar-refractivity contribution in [2.24, 2.45) is 0 Å². The number of ether oxygens (including phenoxy) is 1. The van der Waals surface area contributed by atoms with E-state index in [1.807, 2.05) is 36.1 Å². The van der Waals surface area contributed by atoms with Gasteiger partial charge in [-0.15, -0.1) is 0 Å². The van der Waals surface area contributed by atoms with Crippen LogP contribution in [0.4, 0.5) is 0 Å². The van der Waals surface area contributed by atoms with E-state index in [2.05, 4.69) is 17.2 Å². The minimum Gasteiger partial charge on any atom is -0.383 e. The second-order valence-corrected chi connectivity index (χ2v) is 4.46. The molecular weight excluding hydrogens is 238 g/mol. The summed E-state index contributed by atoms with van der Waals surface area (Å²) in [7, 11) is 1.68. The largest absolute Gasteiger partial charge is 0.383 e. The summed E-state index contributed by atoms with van der Waals surface area (Å²) in [6.07, 6.45) is 4.32. The SMILES string of the molecule is COCCn1cc(-c2ccc(CC#N)c(C)c2)cn1. The van der Waals surface area contributed by atoms with Gasteiger partial charge in [-0.1, -0.05) is 18.2 Å². The van der Waals surface area contributed by atoms with Gasteiger partial charge < -0.3 is 4.74 Å². The minimum absolute atomic E-state index is 0.458. The maximum Gasteiger partial charge on any atom is 0.0669 e. The Morgan fingerprint density at radius 2 is 2.21 bits per heavy atom. The average molecular weight is 255 g/mol. The van der Waals surface area contributed by atoms with Gasteiger partial charge in [-0.2, -0.15) is 10.4 Å². The minimum atomic E-state index is 0.458. The Labute approximate surface area is 113 Å². The number of aryl methyl sites for hydroxylation is 1. The zero-order valence-electron chi connectivity index (χ0n) is 11.3. The van der Waals surface area contributed by atoms with Gasteiger partial charge in [0.05, 0.1) is 31.8 Å². The lowest BCUT2D eigenvalue weighted by molar-refractivity contribution is 0.183. The van der Waals surface area contributed by atoms with Gasteiger partial charge in [0.2, 0.25) is 0 Å². The Hall–Kier alpha value is -2.12. The van der Waals surface area contributed by atoms with E-state index in [-0.39, 0.29) is 0 Å². The molecule has 0 amide bonds. The molecule has 2 aromatic rings. The van der Waals surface area contributed by atoms with Gasteiger partial charge in [0.1, 0.15) is 0 Å². The van der Waals surface area contributed by atoms with Crippen LogP contribution in [0.3, 0.4) is 0 Å². The van der Waals surface area contributed by atoms with Crippen molar-refractivity contribution < 1.29 is 4.74 Å². The summed E-state index contributed by atoms with van der Waals surface area (Å²) in [4.78, 5) is 0. The predicted molar refractivity (Wildman–Crippen MR) is 73.6 cm³/mol. The molecule has 0 aliphatic rings. The molecule has 0 spiro atoms. The van der Waals surface area contributed by atoms with Crippen LogP contribution in [0.1, 0.15) is 11.1 Å². The molecule has 19 heavy (non-hydrogen) atoms. The van der Waals surface area contributed by atoms with Gasteiger partial charge >= 0.3 is 0 Å². The topological polar surface area (TPSA) is 50.8 Å². The molecule has 0 fully saturated rings. The number of hydrogen-bond donors (Lipinski definition) is 0. The van der Waals surface area contributed by atoms with Crippen molar-refractivity contribution in [1.29, 1.82) is 5.26 Å². The van der Waals surface area contributed by atoms with E-state index in [9.17, 15) is 0 Å². The second kappa shape index (κ2) is 6.17. The standard InChI is InChI=1S/C15H17N3O/c1-12-9-14(4-3-13(12)5-6-16)15-10-17-18(11-15)7-8-19-2/h3-4,9-11H,5,7-8H2,1-2H3. The summed E-state index contributed by atoms with van der Waals surface area (Å²) in [6, 6.07) is 8.34. The van der Waals surface area contributed by atoms with Gasteiger partial charge in [0, 0.05) is 18.9 Å². The van der Waals surface area contributed by atoms with Crippen LogP contribution in [0.2, 0.25) is 0 Å². The number of rotatable bonds is 5. The molecule has 0 saturated carbocycles. The van der Waals surface area contributed by atoms with E-state index in [1.165, 1.54) is 0 Å². The Morgan fingerprint density at radius 1 is 1.37 bits per heavy atom. The molecule has 4 nitrogen and oxygen atoms in total. The summed E-state index contributed by atoms with van der Waals surface area (Å²) < 4.78 is 6.90. The highest BCUT2D eigenvalue weighted by Gasteiger charge is 2.04. The monoisotopic (exact) mass is 255 g/mol. The second-order valence-electron chi connectivity index (χ2n) is 4.46. The van der Waals surface area contributed by atoms with Crippen molar-refractivity contribution in [3.8, 4) is 17.2 Å². The van der Waals surface area contributed by atoms with Crippen LogP contribution in [-0.2, 0) is 17.7 Å². The number of methoxy groups -OCH3 is 1. The number of hydrogen-bond acceptors (Lipinski definition) is 3. The fourth-order valence-electron chi connectivity index (χ4n) is 1.98. The molecule has 4 heteroatoms. The van der Waals surface area contributed by atoms with E-state index in [0.717, 1.165) is 28.8 Å². The van der Waals surface area contributed by atoms with Gasteiger partial charge in [0.25, 0.3) is 0 Å². The third kappa shape index (κ3) is 3.21. The summed E-state index contributed by atoms with van der Waals surface area (Å²) in [5, 5.41) is 13.0. The first-order valence-corrected chi connectivity index (χ1v) is 6.23. The van der Waals surface area contributed by atoms with Crippen LogP contribution in [0.5, 0.6) is 0 Å². The van der Waals surface area contributed by atoms with Gasteiger partial charge in [-0.05, 0) is 23.6 Å². The van der Waals surface area contributed by atoms with Crippen molar-refractivity contribution in [3.05, 3.63) is 41.7 Å². The highest BCUT2D eigenvalue weighted by Crippen LogP contribution is 2.22. The number of nitrogens with zero attached hydrogens (tertiary/aromatic N) is 3. The molecule has 0 atom stereocenters. The molecule has 1 aromatic carbocycles. The molecule has 1 aromatic heterocycles. The molecule has 1 heterocycles. The third-order valence-corrected chi connectivity index (χ3v) is 3.10. The Kier molecular flexibility index (Phi) is 4.32. The van der Waals surface area contributed by atoms with Crippen molar-refractivity contribution >= 4 is 0 Å². The highest BCUT2D eigenvalue weighted by molar-refractivity contribution is 5.63. The molecule has 0 aliphatic heterocycles. The van der Waals surface area contributed by atoms with E-state index >= 15 is 0 Å². The van der Waals surface area contributed by atoms with Crippen LogP contribution in [-0.4, -0.2) is 23.5 Å². The van der Waals surface area contributed by atoms with E-state index in [4.69, 9.17) is 10.00 Å². The van der Waals surface area contributed by atoms with Crippen LogP contribution in [0.25, 0.3) is 11.1 Å². The summed E-state index contributed by atoms with van der Waals surface area (Å²) in [5.74, 6) is 0. The molecule has 0 saturated heterocycles. The van der Waals surface area contributed by atoms with Crippen molar-refractivity contribution in [1.82, 2.24) is 9.78 Å². The average Bonchev–Trinajstić information content (AvgIpc) is 2.88.